The van der Waals surface area contributed by atoms with Crippen molar-refractivity contribution in [3.05, 3.63) is 28.7 Å². The summed E-state index contributed by atoms with van der Waals surface area (Å²) in [5, 5.41) is 2.89. The van der Waals surface area contributed by atoms with Crippen LogP contribution in [0.3, 0.4) is 0 Å². The van der Waals surface area contributed by atoms with Gasteiger partial charge < -0.3 is 11.1 Å². The molecule has 4 heteroatoms. The smallest absolute Gasteiger partial charge is 0.224 e. The van der Waals surface area contributed by atoms with Crippen LogP contribution in [0.5, 0.6) is 0 Å². The van der Waals surface area contributed by atoms with Gasteiger partial charge in [-0.2, -0.15) is 0 Å². The number of rotatable bonds is 6. The molecule has 1 aromatic rings. The molecule has 1 fully saturated rings. The zero-order chi connectivity index (χ0) is 13.0. The van der Waals surface area contributed by atoms with Gasteiger partial charge in [0.2, 0.25) is 5.91 Å². The molecular formula is C14H19BrN2O. The van der Waals surface area contributed by atoms with E-state index in [0.29, 0.717) is 12.5 Å². The molecule has 0 bridgehead atoms. The highest BCUT2D eigenvalue weighted by molar-refractivity contribution is 9.10. The number of carbonyl (C=O) groups excluding carboxylic acids is 1. The van der Waals surface area contributed by atoms with Crippen molar-refractivity contribution in [3.63, 3.8) is 0 Å². The highest BCUT2D eigenvalue weighted by Gasteiger charge is 2.27. The Balaban J connectivity index is 1.68. The summed E-state index contributed by atoms with van der Waals surface area (Å²) >= 11 is 3.38. The Morgan fingerprint density at radius 3 is 2.94 bits per heavy atom. The van der Waals surface area contributed by atoms with Crippen molar-refractivity contribution in [1.82, 2.24) is 0 Å². The van der Waals surface area contributed by atoms with E-state index in [1.165, 1.54) is 12.8 Å². The number of halogens is 1. The van der Waals surface area contributed by atoms with E-state index in [1.54, 1.807) is 0 Å². The molecule has 0 aromatic heterocycles. The number of carbonyl (C=O) groups is 1. The van der Waals surface area contributed by atoms with Crippen LogP contribution >= 0.6 is 15.9 Å². The van der Waals surface area contributed by atoms with Gasteiger partial charge in [0.25, 0.3) is 0 Å². The van der Waals surface area contributed by atoms with E-state index in [4.69, 9.17) is 5.73 Å². The maximum absolute atomic E-state index is 11.7. The molecule has 3 nitrogen and oxygen atoms in total. The molecule has 1 saturated carbocycles. The van der Waals surface area contributed by atoms with Gasteiger partial charge in [-0.05, 0) is 49.8 Å². The molecule has 1 aliphatic carbocycles. The largest absolute Gasteiger partial charge is 0.327 e. The fourth-order valence-electron chi connectivity index (χ4n) is 2.05. The summed E-state index contributed by atoms with van der Waals surface area (Å²) < 4.78 is 0.969. The van der Waals surface area contributed by atoms with Crippen LogP contribution in [0.1, 0.15) is 32.1 Å². The predicted molar refractivity (Wildman–Crippen MR) is 77.3 cm³/mol. The lowest BCUT2D eigenvalue weighted by molar-refractivity contribution is -0.116. The number of benzene rings is 1. The van der Waals surface area contributed by atoms with E-state index in [2.05, 4.69) is 21.2 Å². The van der Waals surface area contributed by atoms with Crippen LogP contribution in [0.25, 0.3) is 0 Å². The molecule has 3 N–H and O–H groups in total. The summed E-state index contributed by atoms with van der Waals surface area (Å²) in [6.45, 7) is 0. The van der Waals surface area contributed by atoms with Crippen molar-refractivity contribution >= 4 is 27.5 Å². The molecule has 0 unspecified atom stereocenters. The van der Waals surface area contributed by atoms with E-state index < -0.39 is 0 Å². The van der Waals surface area contributed by atoms with E-state index in [0.717, 1.165) is 28.9 Å². The number of hydrogen-bond acceptors (Lipinski definition) is 2. The number of anilines is 1. The molecule has 0 radical (unpaired) electrons. The lowest BCUT2D eigenvalue weighted by Crippen LogP contribution is -2.22. The maximum Gasteiger partial charge on any atom is 0.224 e. The molecule has 1 aliphatic rings. The summed E-state index contributed by atoms with van der Waals surface area (Å²) in [6.07, 6.45) is 4.91. The minimum absolute atomic E-state index is 0.0658. The van der Waals surface area contributed by atoms with Gasteiger partial charge in [0, 0.05) is 22.6 Å². The van der Waals surface area contributed by atoms with Crippen molar-refractivity contribution < 1.29 is 4.79 Å². The number of amides is 1. The first kappa shape index (κ1) is 13.6. The standard InChI is InChI=1S/C14H19BrN2O/c15-11-3-1-4-12(9-11)17-14(18)6-2-5-13(16)10-7-8-10/h1,3-4,9-10,13H,2,5-8,16H2,(H,17,18)/t13-/m0/s1. The van der Waals surface area contributed by atoms with Crippen molar-refractivity contribution in [2.45, 2.75) is 38.1 Å². The molecule has 1 aromatic carbocycles. The van der Waals surface area contributed by atoms with Crippen LogP contribution < -0.4 is 11.1 Å². The van der Waals surface area contributed by atoms with Gasteiger partial charge in [-0.25, -0.2) is 0 Å². The van der Waals surface area contributed by atoms with Crippen LogP contribution in [-0.4, -0.2) is 11.9 Å². The van der Waals surface area contributed by atoms with Gasteiger partial charge in [0.05, 0.1) is 0 Å². The zero-order valence-electron chi connectivity index (χ0n) is 10.4. The second kappa shape index (κ2) is 6.34. The second-order valence-electron chi connectivity index (χ2n) is 4.95. The molecule has 1 atom stereocenters. The van der Waals surface area contributed by atoms with Crippen LogP contribution in [0.2, 0.25) is 0 Å². The van der Waals surface area contributed by atoms with Gasteiger partial charge in [0.15, 0.2) is 0 Å². The molecule has 0 spiro atoms. The van der Waals surface area contributed by atoms with E-state index in [9.17, 15) is 4.79 Å². The second-order valence-corrected chi connectivity index (χ2v) is 5.87. The first-order chi connectivity index (χ1) is 8.65. The molecule has 2 rings (SSSR count). The zero-order valence-corrected chi connectivity index (χ0v) is 11.9. The van der Waals surface area contributed by atoms with Gasteiger partial charge in [-0.3, -0.25) is 4.79 Å². The third-order valence-electron chi connectivity index (χ3n) is 3.28. The fourth-order valence-corrected chi connectivity index (χ4v) is 2.45. The third-order valence-corrected chi connectivity index (χ3v) is 3.77. The molecule has 18 heavy (non-hydrogen) atoms. The maximum atomic E-state index is 11.7. The monoisotopic (exact) mass is 310 g/mol. The topological polar surface area (TPSA) is 55.1 Å². The SMILES string of the molecule is N[C@@H](CCCC(=O)Nc1cccc(Br)c1)C1CC1. The van der Waals surface area contributed by atoms with Crippen LogP contribution in [0, 0.1) is 5.92 Å². The molecule has 1 amide bonds. The first-order valence-electron chi connectivity index (χ1n) is 6.46. The lowest BCUT2D eigenvalue weighted by Gasteiger charge is -2.10. The average molecular weight is 311 g/mol. The lowest BCUT2D eigenvalue weighted by atomic mass is 10.1. The van der Waals surface area contributed by atoms with Crippen molar-refractivity contribution in [1.29, 1.82) is 0 Å². The summed E-state index contributed by atoms with van der Waals surface area (Å²) in [5.74, 6) is 0.786. The Morgan fingerprint density at radius 2 is 2.28 bits per heavy atom. The minimum atomic E-state index is 0.0658. The fraction of sp³-hybridized carbons (Fsp3) is 0.500. The predicted octanol–water partition coefficient (Wildman–Crippen LogP) is 3.30. The van der Waals surface area contributed by atoms with Gasteiger partial charge >= 0.3 is 0 Å². The Hall–Kier alpha value is -0.870. The van der Waals surface area contributed by atoms with Crippen LogP contribution in [0.4, 0.5) is 5.69 Å². The van der Waals surface area contributed by atoms with Gasteiger partial charge in [-0.1, -0.05) is 22.0 Å². The Morgan fingerprint density at radius 1 is 1.50 bits per heavy atom. The van der Waals surface area contributed by atoms with Gasteiger partial charge in [0.1, 0.15) is 0 Å². The number of nitrogens with two attached hydrogens (primary N) is 1. The molecule has 0 saturated heterocycles. The summed E-state index contributed by atoms with van der Waals surface area (Å²) in [7, 11) is 0. The van der Waals surface area contributed by atoms with E-state index in [1.807, 2.05) is 24.3 Å². The van der Waals surface area contributed by atoms with Crippen molar-refractivity contribution in [2.24, 2.45) is 11.7 Å². The van der Waals surface area contributed by atoms with Crippen molar-refractivity contribution in [3.8, 4) is 0 Å². The van der Waals surface area contributed by atoms with Gasteiger partial charge in [-0.15, -0.1) is 0 Å². The highest BCUT2D eigenvalue weighted by atomic mass is 79.9. The molecule has 0 heterocycles. The Kier molecular flexibility index (Phi) is 4.78. The van der Waals surface area contributed by atoms with Crippen LogP contribution in [-0.2, 0) is 4.79 Å². The van der Waals surface area contributed by atoms with Crippen LogP contribution in [0.15, 0.2) is 28.7 Å². The normalized spacial score (nSPS) is 16.3. The quantitative estimate of drug-likeness (QED) is 0.847. The molecular weight excluding hydrogens is 292 g/mol. The summed E-state index contributed by atoms with van der Waals surface area (Å²) in [5.41, 5.74) is 6.83. The van der Waals surface area contributed by atoms with Crippen molar-refractivity contribution in [2.75, 3.05) is 5.32 Å². The third kappa shape index (κ3) is 4.42. The van der Waals surface area contributed by atoms with E-state index in [-0.39, 0.29) is 5.91 Å². The minimum Gasteiger partial charge on any atom is -0.327 e. The number of hydrogen-bond donors (Lipinski definition) is 2. The number of nitrogens with one attached hydrogen (secondary N) is 1. The summed E-state index contributed by atoms with van der Waals surface area (Å²) in [4.78, 5) is 11.7. The Labute approximate surface area is 116 Å². The van der Waals surface area contributed by atoms with E-state index >= 15 is 0 Å². The first-order valence-corrected chi connectivity index (χ1v) is 7.25. The summed E-state index contributed by atoms with van der Waals surface area (Å²) in [6, 6.07) is 7.92. The Bertz CT molecular complexity index is 418. The molecule has 98 valence electrons. The molecule has 0 aliphatic heterocycles. The average Bonchev–Trinajstić information content (AvgIpc) is 3.12. The highest BCUT2D eigenvalue weighted by Crippen LogP contribution is 2.33.